The summed E-state index contributed by atoms with van der Waals surface area (Å²) in [6, 6.07) is 13.5. The average Bonchev–Trinajstić information content (AvgIpc) is 3.43. The van der Waals surface area contributed by atoms with E-state index in [1.165, 1.54) is 43.3 Å². The van der Waals surface area contributed by atoms with Gasteiger partial charge in [-0.05, 0) is 96.7 Å². The van der Waals surface area contributed by atoms with Gasteiger partial charge in [0.1, 0.15) is 34.5 Å². The predicted octanol–water partition coefficient (Wildman–Crippen LogP) is 14.2. The number of carbonyl (C=O) groups is 5. The quantitative estimate of drug-likeness (QED) is 0.0143. The fourth-order valence-electron chi connectivity index (χ4n) is 8.38. The van der Waals surface area contributed by atoms with Crippen LogP contribution in [0.2, 0.25) is 0 Å². The first kappa shape index (κ1) is 68.3. The Morgan fingerprint density at radius 3 is 1.07 bits per heavy atom. The normalized spacial score (nSPS) is 12.5. The van der Waals surface area contributed by atoms with E-state index in [9.17, 15) is 29.1 Å². The second-order valence-corrected chi connectivity index (χ2v) is 20.8. The van der Waals surface area contributed by atoms with Crippen LogP contribution in [0.5, 0.6) is 34.5 Å². The average molecular weight is 1150 g/mol. The Bertz CT molecular complexity index is 2680. The zero-order chi connectivity index (χ0) is 60.5. The molecule has 0 spiro atoms. The van der Waals surface area contributed by atoms with Gasteiger partial charge in [-0.2, -0.15) is 0 Å². The molecule has 0 aliphatic heterocycles. The predicted molar refractivity (Wildman–Crippen MR) is 317 cm³/mol. The molecule has 0 fully saturated rings. The molecule has 1 aromatic heterocycles. The van der Waals surface area contributed by atoms with Crippen LogP contribution < -0.4 is 23.7 Å². The standard InChI is InChI=1S/C65H91N3O15/c1-11-15-19-23-27-37-75-62(71)45(7)79-49-31-34-52(55(69)41-49)58-66-59(68-60(67-58)54-36-33-51(43-57(54)83-61(70)44(5)6)81-47(9)64(73)77-39-29-25-21-17-13-3)53-35-32-50(80-46(8)63(72)76-38-28-24-20-16-12-2)42-56(53)82-48(10)65(74)78-40-30-26-22-18-14-4/h31-36,41-43,45-48,69H,5,11-30,37-40H2,1-4,6-10H3. The number of esters is 5. The van der Waals surface area contributed by atoms with Gasteiger partial charge in [-0.1, -0.05) is 137 Å². The summed E-state index contributed by atoms with van der Waals surface area (Å²) in [4.78, 5) is 80.5. The highest BCUT2D eigenvalue weighted by Crippen LogP contribution is 2.40. The van der Waals surface area contributed by atoms with Crippen LogP contribution in [0.4, 0.5) is 0 Å². The number of carbonyl (C=O) groups excluding carboxylic acids is 5. The third-order valence-electron chi connectivity index (χ3n) is 13.3. The smallest absolute Gasteiger partial charge is 0.347 e. The minimum atomic E-state index is -1.16. The van der Waals surface area contributed by atoms with E-state index in [4.69, 9.17) is 57.6 Å². The van der Waals surface area contributed by atoms with Crippen LogP contribution in [-0.2, 0) is 42.9 Å². The SMILES string of the molecule is C=C(C)C(=O)Oc1cc(OC(C)C(=O)OCCCCCCC)ccc1-c1nc(-c2ccc(OC(C)C(=O)OCCCCCCC)cc2O)nc(-c2ccc(OC(C)C(=O)OCCCCCCC)cc2OC(C)C(=O)OCCCCCCC)n1. The largest absolute Gasteiger partial charge is 0.507 e. The minimum Gasteiger partial charge on any atom is -0.507 e. The second-order valence-electron chi connectivity index (χ2n) is 20.8. The van der Waals surface area contributed by atoms with Crippen molar-refractivity contribution < 1.29 is 71.7 Å². The van der Waals surface area contributed by atoms with E-state index >= 15 is 0 Å². The number of benzene rings is 3. The van der Waals surface area contributed by atoms with Crippen molar-refractivity contribution in [3.05, 3.63) is 66.7 Å². The highest BCUT2D eigenvalue weighted by molar-refractivity contribution is 5.90. The first-order valence-electron chi connectivity index (χ1n) is 30.1. The zero-order valence-corrected chi connectivity index (χ0v) is 50.7. The molecular weight excluding hydrogens is 1060 g/mol. The van der Waals surface area contributed by atoms with Crippen molar-refractivity contribution in [1.29, 1.82) is 0 Å². The number of phenolic OH excluding ortho intramolecular Hbond substituents is 1. The first-order chi connectivity index (χ1) is 40.0. The van der Waals surface area contributed by atoms with Crippen molar-refractivity contribution in [2.75, 3.05) is 26.4 Å². The summed E-state index contributed by atoms with van der Waals surface area (Å²) >= 11 is 0. The lowest BCUT2D eigenvalue weighted by molar-refractivity contribution is -0.152. The Balaban J connectivity index is 1.84. The lowest BCUT2D eigenvalue weighted by Crippen LogP contribution is -2.27. The molecule has 0 radical (unpaired) electrons. The number of hydrogen-bond acceptors (Lipinski definition) is 18. The molecular formula is C65H91N3O15. The summed E-state index contributed by atoms with van der Waals surface area (Å²) < 4.78 is 52.5. The van der Waals surface area contributed by atoms with Gasteiger partial charge < -0.3 is 47.7 Å². The molecule has 83 heavy (non-hydrogen) atoms. The van der Waals surface area contributed by atoms with Crippen LogP contribution in [-0.4, -0.2) is 101 Å². The molecule has 0 amide bonds. The maximum Gasteiger partial charge on any atom is 0.347 e. The lowest BCUT2D eigenvalue weighted by Gasteiger charge is -2.20. The van der Waals surface area contributed by atoms with Gasteiger partial charge in [0.05, 0.1) is 43.1 Å². The van der Waals surface area contributed by atoms with Gasteiger partial charge in [0.15, 0.2) is 41.9 Å². The van der Waals surface area contributed by atoms with Crippen molar-refractivity contribution in [3.63, 3.8) is 0 Å². The maximum absolute atomic E-state index is 13.5. The van der Waals surface area contributed by atoms with E-state index < -0.39 is 54.3 Å². The summed E-state index contributed by atoms with van der Waals surface area (Å²) in [5.74, 6) is -3.19. The highest BCUT2D eigenvalue weighted by atomic mass is 16.6. The molecule has 4 atom stereocenters. The number of ether oxygens (including phenoxy) is 9. The number of phenols is 1. The number of rotatable bonds is 41. The molecule has 0 aliphatic carbocycles. The van der Waals surface area contributed by atoms with E-state index in [1.54, 1.807) is 45.9 Å². The molecule has 4 rings (SSSR count). The van der Waals surface area contributed by atoms with E-state index in [2.05, 4.69) is 34.3 Å². The summed E-state index contributed by atoms with van der Waals surface area (Å²) in [7, 11) is 0. The molecule has 0 bridgehead atoms. The number of unbranched alkanes of at least 4 members (excludes halogenated alkanes) is 16. The highest BCUT2D eigenvalue weighted by Gasteiger charge is 2.27. The van der Waals surface area contributed by atoms with Crippen LogP contribution in [0, 0.1) is 0 Å². The van der Waals surface area contributed by atoms with Gasteiger partial charge in [-0.25, -0.2) is 38.9 Å². The summed E-state index contributed by atoms with van der Waals surface area (Å²) in [6.07, 6.45) is 15.3. The van der Waals surface area contributed by atoms with Crippen LogP contribution in [0.3, 0.4) is 0 Å². The van der Waals surface area contributed by atoms with Gasteiger partial charge >= 0.3 is 29.8 Å². The third-order valence-corrected chi connectivity index (χ3v) is 13.3. The van der Waals surface area contributed by atoms with Gasteiger partial charge in [-0.3, -0.25) is 0 Å². The van der Waals surface area contributed by atoms with Crippen molar-refractivity contribution in [1.82, 2.24) is 15.0 Å². The molecule has 1 N–H and O–H groups in total. The van der Waals surface area contributed by atoms with Crippen molar-refractivity contribution in [3.8, 4) is 68.7 Å². The summed E-state index contributed by atoms with van der Waals surface area (Å²) in [5, 5.41) is 11.7. The number of aromatic nitrogens is 3. The molecule has 3 aromatic carbocycles. The number of aromatic hydroxyl groups is 1. The van der Waals surface area contributed by atoms with Crippen molar-refractivity contribution >= 4 is 29.8 Å². The molecule has 0 aliphatic rings. The zero-order valence-electron chi connectivity index (χ0n) is 50.7. The molecule has 18 nitrogen and oxygen atoms in total. The van der Waals surface area contributed by atoms with Crippen molar-refractivity contribution in [2.45, 2.75) is 215 Å². The fourth-order valence-corrected chi connectivity index (χ4v) is 8.38. The monoisotopic (exact) mass is 1150 g/mol. The molecule has 18 heteroatoms. The summed E-state index contributed by atoms with van der Waals surface area (Å²) in [5.41, 5.74) is 0.524. The van der Waals surface area contributed by atoms with Crippen LogP contribution in [0.1, 0.15) is 191 Å². The van der Waals surface area contributed by atoms with E-state index in [-0.39, 0.29) is 101 Å². The second kappa shape index (κ2) is 37.8. The molecule has 4 aromatic rings. The van der Waals surface area contributed by atoms with Gasteiger partial charge in [0.25, 0.3) is 0 Å². The minimum absolute atomic E-state index is 0.0452. The van der Waals surface area contributed by atoms with E-state index in [0.29, 0.717) is 6.42 Å². The van der Waals surface area contributed by atoms with Gasteiger partial charge in [-0.15, -0.1) is 0 Å². The Hall–Kier alpha value is -7.24. The molecule has 456 valence electrons. The number of nitrogens with zero attached hydrogens (tertiary/aromatic N) is 3. The number of hydrogen-bond donors (Lipinski definition) is 1. The summed E-state index contributed by atoms with van der Waals surface area (Å²) in [6.45, 7) is 20.9. The topological polar surface area (TPSA) is 227 Å². The van der Waals surface area contributed by atoms with Gasteiger partial charge in [0.2, 0.25) is 0 Å². The molecule has 0 saturated carbocycles. The van der Waals surface area contributed by atoms with Gasteiger partial charge in [0, 0.05) is 23.8 Å². The van der Waals surface area contributed by atoms with Crippen LogP contribution >= 0.6 is 0 Å². The fraction of sp³-hybridized carbons (Fsp3) is 0.569. The Morgan fingerprint density at radius 2 is 0.723 bits per heavy atom. The Morgan fingerprint density at radius 1 is 0.422 bits per heavy atom. The van der Waals surface area contributed by atoms with E-state index in [1.807, 2.05) is 0 Å². The molecule has 4 unspecified atom stereocenters. The third kappa shape index (κ3) is 24.2. The maximum atomic E-state index is 13.5. The Labute approximate surface area is 491 Å². The van der Waals surface area contributed by atoms with Crippen molar-refractivity contribution in [2.24, 2.45) is 0 Å². The van der Waals surface area contributed by atoms with E-state index in [0.717, 1.165) is 122 Å². The molecule has 0 saturated heterocycles. The molecule has 1 heterocycles. The first-order valence-corrected chi connectivity index (χ1v) is 30.1. The lowest BCUT2D eigenvalue weighted by atomic mass is 10.1. The van der Waals surface area contributed by atoms with Crippen LogP contribution in [0.15, 0.2) is 66.7 Å². The van der Waals surface area contributed by atoms with Crippen LogP contribution in [0.25, 0.3) is 34.2 Å². The Kier molecular flexibility index (Phi) is 31.1.